The maximum atomic E-state index is 11.5. The van der Waals surface area contributed by atoms with Crippen molar-refractivity contribution in [2.24, 2.45) is 11.8 Å². The summed E-state index contributed by atoms with van der Waals surface area (Å²) in [6.45, 7) is 6.78. The predicted molar refractivity (Wildman–Crippen MR) is 127 cm³/mol. The van der Waals surface area contributed by atoms with Gasteiger partial charge in [-0.2, -0.15) is 4.37 Å². The number of amides is 1. The van der Waals surface area contributed by atoms with Gasteiger partial charge in [-0.05, 0) is 61.8 Å². The maximum Gasteiger partial charge on any atom is 0.209 e. The topological polar surface area (TPSA) is 56.8 Å². The van der Waals surface area contributed by atoms with E-state index in [0.29, 0.717) is 5.92 Å². The van der Waals surface area contributed by atoms with Crippen LogP contribution < -0.4 is 4.90 Å². The van der Waals surface area contributed by atoms with Gasteiger partial charge in [0.2, 0.25) is 6.41 Å². The molecular weight excluding hydrogens is 408 g/mol. The van der Waals surface area contributed by atoms with Crippen LogP contribution in [0.4, 0.5) is 5.82 Å². The molecule has 1 aromatic heterocycles. The van der Waals surface area contributed by atoms with E-state index in [9.17, 15) is 9.59 Å². The Labute approximate surface area is 189 Å². The van der Waals surface area contributed by atoms with Crippen LogP contribution in [-0.2, 0) is 9.59 Å². The summed E-state index contributed by atoms with van der Waals surface area (Å²) < 4.78 is 5.95. The molecule has 1 saturated heterocycles. The Balaban J connectivity index is 1.16. The van der Waals surface area contributed by atoms with Gasteiger partial charge in [-0.1, -0.05) is 25.0 Å². The lowest BCUT2D eigenvalue weighted by atomic mass is 9.80. The lowest BCUT2D eigenvalue weighted by Crippen LogP contribution is -2.46. The molecule has 0 spiro atoms. The predicted octanol–water partition coefficient (Wildman–Crippen LogP) is 3.66. The van der Waals surface area contributed by atoms with Crippen molar-refractivity contribution in [3.8, 4) is 0 Å². The highest BCUT2D eigenvalue weighted by molar-refractivity contribution is 7.13. The third kappa shape index (κ3) is 5.63. The van der Waals surface area contributed by atoms with Crippen LogP contribution in [-0.4, -0.2) is 72.7 Å². The monoisotopic (exact) mass is 442 g/mol. The molecule has 1 aliphatic heterocycles. The normalized spacial score (nSPS) is 22.5. The number of piperazine rings is 1. The molecule has 2 heterocycles. The molecule has 1 amide bonds. The number of hydrogen-bond acceptors (Lipinski definition) is 6. The van der Waals surface area contributed by atoms with Crippen LogP contribution in [0.2, 0.25) is 0 Å². The second-order valence-corrected chi connectivity index (χ2v) is 9.79. The summed E-state index contributed by atoms with van der Waals surface area (Å²) in [5.74, 6) is 1.63. The van der Waals surface area contributed by atoms with Crippen LogP contribution in [0.5, 0.6) is 0 Å². The van der Waals surface area contributed by atoms with E-state index in [1.54, 1.807) is 11.5 Å². The number of fused-ring (bicyclic) bond motifs is 1. The third-order valence-electron chi connectivity index (χ3n) is 6.96. The van der Waals surface area contributed by atoms with E-state index in [1.165, 1.54) is 16.5 Å². The van der Waals surface area contributed by atoms with Crippen molar-refractivity contribution in [1.82, 2.24) is 14.2 Å². The van der Waals surface area contributed by atoms with Crippen molar-refractivity contribution < 1.29 is 9.59 Å². The molecule has 2 aliphatic rings. The van der Waals surface area contributed by atoms with E-state index in [1.807, 2.05) is 4.90 Å². The number of rotatable bonds is 10. The highest BCUT2D eigenvalue weighted by Crippen LogP contribution is 2.30. The second kappa shape index (κ2) is 11.0. The molecule has 4 rings (SSSR count). The standard InChI is InChI=1S/C24H34N4O2S/c29-18-21-8-2-1-7-20(21)17-27(19-30)12-6-5-11-26-13-15-28(16-14-26)24-22-9-3-4-10-23(22)31-25-24/h3-4,9-10,18-21H,1-2,5-8,11-17H2/t20-,21+/m1/s1. The first kappa shape index (κ1) is 22.2. The van der Waals surface area contributed by atoms with Gasteiger partial charge in [0, 0.05) is 50.6 Å². The number of aromatic nitrogens is 1. The van der Waals surface area contributed by atoms with Gasteiger partial charge in [-0.25, -0.2) is 0 Å². The van der Waals surface area contributed by atoms with E-state index in [4.69, 9.17) is 4.37 Å². The van der Waals surface area contributed by atoms with Gasteiger partial charge in [0.25, 0.3) is 0 Å². The number of benzene rings is 1. The minimum Gasteiger partial charge on any atom is -0.353 e. The van der Waals surface area contributed by atoms with E-state index in [2.05, 4.69) is 34.1 Å². The smallest absolute Gasteiger partial charge is 0.209 e. The Morgan fingerprint density at radius 2 is 1.87 bits per heavy atom. The Kier molecular flexibility index (Phi) is 7.92. The lowest BCUT2D eigenvalue weighted by molar-refractivity contribution is -0.121. The van der Waals surface area contributed by atoms with Gasteiger partial charge in [-0.15, -0.1) is 0 Å². The maximum absolute atomic E-state index is 11.5. The molecular formula is C24H34N4O2S. The summed E-state index contributed by atoms with van der Waals surface area (Å²) in [5, 5.41) is 1.27. The summed E-state index contributed by atoms with van der Waals surface area (Å²) >= 11 is 1.59. The van der Waals surface area contributed by atoms with Crippen LogP contribution in [0.3, 0.4) is 0 Å². The first-order valence-corrected chi connectivity index (χ1v) is 12.5. The molecule has 2 fully saturated rings. The second-order valence-electron chi connectivity index (χ2n) is 8.98. The highest BCUT2D eigenvalue weighted by atomic mass is 32.1. The van der Waals surface area contributed by atoms with Gasteiger partial charge in [-0.3, -0.25) is 9.69 Å². The minimum absolute atomic E-state index is 0.141. The number of anilines is 1. The van der Waals surface area contributed by atoms with Gasteiger partial charge in [0.15, 0.2) is 0 Å². The number of carbonyl (C=O) groups is 2. The summed E-state index contributed by atoms with van der Waals surface area (Å²) in [4.78, 5) is 29.7. The zero-order valence-corrected chi connectivity index (χ0v) is 19.1. The van der Waals surface area contributed by atoms with Crippen molar-refractivity contribution in [3.05, 3.63) is 24.3 Å². The number of unbranched alkanes of at least 4 members (excludes halogenated alkanes) is 1. The molecule has 0 unspecified atom stereocenters. The lowest BCUT2D eigenvalue weighted by Gasteiger charge is -2.35. The summed E-state index contributed by atoms with van der Waals surface area (Å²) in [6.07, 6.45) is 8.61. The Bertz CT molecular complexity index is 849. The molecule has 0 N–H and O–H groups in total. The molecule has 6 nitrogen and oxygen atoms in total. The third-order valence-corrected chi connectivity index (χ3v) is 7.78. The molecule has 168 valence electrons. The largest absolute Gasteiger partial charge is 0.353 e. The molecule has 1 saturated carbocycles. The van der Waals surface area contributed by atoms with Crippen molar-refractivity contribution in [2.75, 3.05) is 50.7 Å². The zero-order chi connectivity index (χ0) is 21.5. The van der Waals surface area contributed by atoms with Crippen molar-refractivity contribution in [2.45, 2.75) is 38.5 Å². The fourth-order valence-corrected chi connectivity index (χ4v) is 5.86. The molecule has 1 aliphatic carbocycles. The number of aldehydes is 1. The molecule has 2 aromatic rings. The number of nitrogens with zero attached hydrogens (tertiary/aromatic N) is 4. The fourth-order valence-electron chi connectivity index (χ4n) is 5.06. The summed E-state index contributed by atoms with van der Waals surface area (Å²) in [5.41, 5.74) is 0. The Morgan fingerprint density at radius 3 is 2.68 bits per heavy atom. The summed E-state index contributed by atoms with van der Waals surface area (Å²) in [7, 11) is 0. The minimum atomic E-state index is 0.141. The van der Waals surface area contributed by atoms with Crippen molar-refractivity contribution >= 4 is 40.1 Å². The SMILES string of the molecule is O=C[C@@H]1CCCC[C@@H]1CN(C=O)CCCCN1CCN(c2nsc3ccccc23)CC1. The number of hydrogen-bond donors (Lipinski definition) is 0. The number of carbonyl (C=O) groups excluding carboxylic acids is 2. The Morgan fingerprint density at radius 1 is 1.06 bits per heavy atom. The van der Waals surface area contributed by atoms with Crippen LogP contribution >= 0.6 is 11.5 Å². The van der Waals surface area contributed by atoms with E-state index in [0.717, 1.165) is 96.4 Å². The van der Waals surface area contributed by atoms with Crippen LogP contribution in [0.25, 0.3) is 10.1 Å². The van der Waals surface area contributed by atoms with Crippen molar-refractivity contribution in [1.29, 1.82) is 0 Å². The Hall–Kier alpha value is -1.99. The quantitative estimate of drug-likeness (QED) is 0.415. The molecule has 1 aromatic carbocycles. The average Bonchev–Trinajstić information content (AvgIpc) is 3.26. The van der Waals surface area contributed by atoms with Gasteiger partial charge < -0.3 is 14.6 Å². The first-order chi connectivity index (χ1) is 15.3. The molecule has 2 atom stereocenters. The molecule has 0 radical (unpaired) electrons. The molecule has 7 heteroatoms. The van der Waals surface area contributed by atoms with Crippen LogP contribution in [0.1, 0.15) is 38.5 Å². The fraction of sp³-hybridized carbons (Fsp3) is 0.625. The average molecular weight is 443 g/mol. The van der Waals surface area contributed by atoms with E-state index >= 15 is 0 Å². The van der Waals surface area contributed by atoms with E-state index in [-0.39, 0.29) is 5.92 Å². The van der Waals surface area contributed by atoms with Crippen LogP contribution in [0, 0.1) is 11.8 Å². The molecule has 31 heavy (non-hydrogen) atoms. The summed E-state index contributed by atoms with van der Waals surface area (Å²) in [6, 6.07) is 8.48. The first-order valence-electron chi connectivity index (χ1n) is 11.7. The van der Waals surface area contributed by atoms with Crippen molar-refractivity contribution in [3.63, 3.8) is 0 Å². The highest BCUT2D eigenvalue weighted by Gasteiger charge is 2.26. The van der Waals surface area contributed by atoms with Gasteiger partial charge in [0.1, 0.15) is 12.1 Å². The van der Waals surface area contributed by atoms with E-state index < -0.39 is 0 Å². The van der Waals surface area contributed by atoms with Crippen LogP contribution in [0.15, 0.2) is 24.3 Å². The van der Waals surface area contributed by atoms with Gasteiger partial charge in [0.05, 0.1) is 4.70 Å². The zero-order valence-electron chi connectivity index (χ0n) is 18.3. The molecule has 0 bridgehead atoms. The van der Waals surface area contributed by atoms with Gasteiger partial charge >= 0.3 is 0 Å².